The Kier molecular flexibility index (Phi) is 9.53. The number of carbonyl (C=O) groups is 4. The third-order valence-electron chi connectivity index (χ3n) is 5.78. The van der Waals surface area contributed by atoms with Crippen LogP contribution in [0.1, 0.15) is 32.3 Å². The molecule has 1 aliphatic heterocycles. The van der Waals surface area contributed by atoms with Crippen LogP contribution in [0.4, 0.5) is 4.79 Å². The lowest BCUT2D eigenvalue weighted by molar-refractivity contribution is -0.148. The second kappa shape index (κ2) is 12.1. The highest BCUT2D eigenvalue weighted by atomic mass is 16.5. The van der Waals surface area contributed by atoms with Crippen LogP contribution in [0.2, 0.25) is 0 Å². The molecule has 2 fully saturated rings. The highest BCUT2D eigenvalue weighted by Crippen LogP contribution is 2.47. The number of aryl methyl sites for hydroxylation is 1. The molecule has 0 aromatic heterocycles. The Hall–Kier alpha value is -3.72. The third-order valence-corrected chi connectivity index (χ3v) is 5.78. The van der Waals surface area contributed by atoms with Crippen molar-refractivity contribution in [3.05, 3.63) is 66.3 Å². The number of allylic oxidation sites excluding steroid dienone is 5. The molecule has 0 spiro atoms. The van der Waals surface area contributed by atoms with Crippen molar-refractivity contribution in [1.82, 2.24) is 9.80 Å². The van der Waals surface area contributed by atoms with E-state index in [0.29, 0.717) is 23.5 Å². The fourth-order valence-corrected chi connectivity index (χ4v) is 3.40. The average Bonchev–Trinajstić information content (AvgIpc) is 3.53. The van der Waals surface area contributed by atoms with E-state index in [1.165, 1.54) is 12.7 Å². The Morgan fingerprint density at radius 3 is 2.26 bits per heavy atom. The van der Waals surface area contributed by atoms with E-state index in [1.807, 2.05) is 44.2 Å². The zero-order chi connectivity index (χ0) is 26.2. The molecule has 2 atom stereocenters. The number of methoxy groups -OCH3 is 1. The van der Waals surface area contributed by atoms with E-state index in [0.717, 1.165) is 4.90 Å². The molecule has 2 aliphatic rings. The number of urea groups is 1. The van der Waals surface area contributed by atoms with E-state index >= 15 is 0 Å². The summed E-state index contributed by atoms with van der Waals surface area (Å²) in [5.74, 6) is -1.95. The molecule has 1 saturated heterocycles. The number of hydrogen-bond acceptors (Lipinski definition) is 6. The number of imide groups is 1. The van der Waals surface area contributed by atoms with Crippen LogP contribution in [0.5, 0.6) is 5.75 Å². The van der Waals surface area contributed by atoms with Gasteiger partial charge in [-0.1, -0.05) is 61.1 Å². The van der Waals surface area contributed by atoms with Gasteiger partial charge in [-0.05, 0) is 38.8 Å². The lowest BCUT2D eigenvalue weighted by Gasteiger charge is -2.24. The SMILES string of the molecule is C\C=C/C=C\C=C\CN1C(=O)N(C(C(N)=O)C(=O)C2(C)CC2)C(=O)C1OC.Cc1ccc(O)cc1. The van der Waals surface area contributed by atoms with Gasteiger partial charge in [0.25, 0.3) is 5.91 Å². The van der Waals surface area contributed by atoms with Gasteiger partial charge in [0.1, 0.15) is 5.75 Å². The number of ether oxygens (including phenoxy) is 1. The standard InChI is InChI=1S/C19H25N3O5.C7H8O/c1-4-5-6-7-8-9-12-21-17(27-3)16(25)22(18(21)26)13(15(20)24)14(23)19(2)10-11-19;1-6-2-4-7(8)5-3-6/h4-9,13,17H,10-12H2,1-3H3,(H2,20,24);2-5,8H,1H3/b5-4-,7-6-,9-8+;. The van der Waals surface area contributed by atoms with Crippen LogP contribution in [-0.2, 0) is 19.1 Å². The lowest BCUT2D eigenvalue weighted by atomic mass is 9.95. The second-order valence-electron chi connectivity index (χ2n) is 8.64. The number of benzene rings is 1. The number of carbonyl (C=O) groups excluding carboxylic acids is 4. The van der Waals surface area contributed by atoms with Gasteiger partial charge in [-0.15, -0.1) is 0 Å². The van der Waals surface area contributed by atoms with Gasteiger partial charge in [0.05, 0.1) is 0 Å². The number of rotatable bonds is 9. The summed E-state index contributed by atoms with van der Waals surface area (Å²) in [7, 11) is 1.28. The summed E-state index contributed by atoms with van der Waals surface area (Å²) in [4.78, 5) is 51.8. The number of Topliss-reactive ketones (excluding diaryl/α,β-unsaturated/α-hetero) is 1. The Balaban J connectivity index is 0.000000456. The van der Waals surface area contributed by atoms with E-state index in [4.69, 9.17) is 15.6 Å². The summed E-state index contributed by atoms with van der Waals surface area (Å²) < 4.78 is 5.13. The minimum absolute atomic E-state index is 0.0801. The molecule has 4 amide bonds. The first-order chi connectivity index (χ1) is 16.6. The normalized spacial score (nSPS) is 19.9. The maximum absolute atomic E-state index is 12.8. The van der Waals surface area contributed by atoms with Crippen molar-refractivity contribution in [2.45, 2.75) is 45.9 Å². The van der Waals surface area contributed by atoms with Gasteiger partial charge in [-0.3, -0.25) is 19.3 Å². The maximum Gasteiger partial charge on any atom is 0.330 e. The molecule has 9 nitrogen and oxygen atoms in total. The van der Waals surface area contributed by atoms with Crippen molar-refractivity contribution >= 4 is 23.6 Å². The minimum atomic E-state index is -1.61. The number of primary amides is 1. The molecule has 1 heterocycles. The Morgan fingerprint density at radius 2 is 1.77 bits per heavy atom. The van der Waals surface area contributed by atoms with E-state index < -0.39 is 41.3 Å². The summed E-state index contributed by atoms with van der Waals surface area (Å²) in [6.45, 7) is 5.65. The zero-order valence-electron chi connectivity index (χ0n) is 20.5. The van der Waals surface area contributed by atoms with Gasteiger partial charge in [0, 0.05) is 19.1 Å². The summed E-state index contributed by atoms with van der Waals surface area (Å²) >= 11 is 0. The molecule has 0 bridgehead atoms. The highest BCUT2D eigenvalue weighted by molar-refractivity contribution is 6.16. The number of phenols is 1. The smallest absolute Gasteiger partial charge is 0.330 e. The lowest BCUT2D eigenvalue weighted by Crippen LogP contribution is -2.55. The Morgan fingerprint density at radius 1 is 1.17 bits per heavy atom. The molecule has 1 aliphatic carbocycles. The van der Waals surface area contributed by atoms with Crippen LogP contribution >= 0.6 is 0 Å². The number of hydrogen-bond donors (Lipinski definition) is 2. The third kappa shape index (κ3) is 6.89. The number of amides is 4. The van der Waals surface area contributed by atoms with Crippen molar-refractivity contribution in [1.29, 1.82) is 0 Å². The molecular weight excluding hydrogens is 450 g/mol. The molecule has 1 aromatic carbocycles. The zero-order valence-corrected chi connectivity index (χ0v) is 20.5. The van der Waals surface area contributed by atoms with Gasteiger partial charge >= 0.3 is 6.03 Å². The molecular formula is C26H33N3O6. The molecule has 35 heavy (non-hydrogen) atoms. The maximum atomic E-state index is 12.8. The number of ketones is 1. The van der Waals surface area contributed by atoms with Crippen LogP contribution in [0.3, 0.4) is 0 Å². The molecule has 9 heteroatoms. The van der Waals surface area contributed by atoms with Gasteiger partial charge in [-0.2, -0.15) is 0 Å². The van der Waals surface area contributed by atoms with Gasteiger partial charge in [0.15, 0.2) is 11.8 Å². The van der Waals surface area contributed by atoms with Crippen LogP contribution in [0, 0.1) is 12.3 Å². The van der Waals surface area contributed by atoms with Crippen molar-refractivity contribution in [3.8, 4) is 5.75 Å². The fourth-order valence-electron chi connectivity index (χ4n) is 3.40. The van der Waals surface area contributed by atoms with Crippen molar-refractivity contribution in [3.63, 3.8) is 0 Å². The van der Waals surface area contributed by atoms with Gasteiger partial charge < -0.3 is 15.6 Å². The molecule has 3 rings (SSSR count). The van der Waals surface area contributed by atoms with Crippen molar-refractivity contribution in [2.24, 2.45) is 11.1 Å². The first kappa shape index (κ1) is 27.5. The topological polar surface area (TPSA) is 130 Å². The summed E-state index contributed by atoms with van der Waals surface area (Å²) in [6.07, 6.45) is 10.7. The monoisotopic (exact) mass is 483 g/mol. The summed E-state index contributed by atoms with van der Waals surface area (Å²) in [5.41, 5.74) is 5.83. The van der Waals surface area contributed by atoms with Crippen molar-refractivity contribution in [2.75, 3.05) is 13.7 Å². The van der Waals surface area contributed by atoms with Gasteiger partial charge in [0.2, 0.25) is 12.1 Å². The number of aromatic hydroxyl groups is 1. The Bertz CT molecular complexity index is 1000. The predicted molar refractivity (Wildman–Crippen MR) is 131 cm³/mol. The fraction of sp³-hybridized carbons (Fsp3) is 0.385. The highest BCUT2D eigenvalue weighted by Gasteiger charge is 2.57. The van der Waals surface area contributed by atoms with Crippen LogP contribution < -0.4 is 5.73 Å². The first-order valence-corrected chi connectivity index (χ1v) is 11.3. The average molecular weight is 484 g/mol. The van der Waals surface area contributed by atoms with Crippen molar-refractivity contribution < 1.29 is 29.0 Å². The van der Waals surface area contributed by atoms with Crippen LogP contribution in [-0.4, -0.2) is 64.5 Å². The molecule has 1 aromatic rings. The van der Waals surface area contributed by atoms with Gasteiger partial charge in [-0.25, -0.2) is 9.69 Å². The quantitative estimate of drug-likeness (QED) is 0.316. The number of nitrogens with two attached hydrogens (primary N) is 1. The Labute approximate surface area is 205 Å². The molecule has 0 radical (unpaired) electrons. The predicted octanol–water partition coefficient (Wildman–Crippen LogP) is 2.84. The number of phenolic OH excluding ortho intramolecular Hbond substituents is 1. The number of nitrogens with zero attached hydrogens (tertiary/aromatic N) is 2. The first-order valence-electron chi connectivity index (χ1n) is 11.3. The van der Waals surface area contributed by atoms with E-state index in [1.54, 1.807) is 37.3 Å². The molecule has 1 saturated carbocycles. The molecule has 3 N–H and O–H groups in total. The summed E-state index contributed by atoms with van der Waals surface area (Å²) in [5, 5.41) is 8.76. The largest absolute Gasteiger partial charge is 0.508 e. The molecule has 188 valence electrons. The van der Waals surface area contributed by atoms with E-state index in [-0.39, 0.29) is 6.54 Å². The molecule has 2 unspecified atom stereocenters. The van der Waals surface area contributed by atoms with Crippen LogP contribution in [0.15, 0.2) is 60.7 Å². The van der Waals surface area contributed by atoms with E-state index in [9.17, 15) is 19.2 Å². The second-order valence-corrected chi connectivity index (χ2v) is 8.64. The van der Waals surface area contributed by atoms with E-state index in [2.05, 4.69) is 0 Å². The van der Waals surface area contributed by atoms with Crippen LogP contribution in [0.25, 0.3) is 0 Å². The minimum Gasteiger partial charge on any atom is -0.508 e. The summed E-state index contributed by atoms with van der Waals surface area (Å²) in [6, 6.07) is 4.71.